The monoisotopic (exact) mass is 366 g/mol. The highest BCUT2D eigenvalue weighted by molar-refractivity contribution is 8.02. The topological polar surface area (TPSA) is 66.9 Å². The van der Waals surface area contributed by atoms with Crippen molar-refractivity contribution >= 4 is 34.1 Å². The number of benzene rings is 1. The summed E-state index contributed by atoms with van der Waals surface area (Å²) >= 11 is 2.78. The lowest BCUT2D eigenvalue weighted by Gasteiger charge is -2.10. The van der Waals surface area contributed by atoms with E-state index < -0.39 is 0 Å². The summed E-state index contributed by atoms with van der Waals surface area (Å²) in [4.78, 5) is 12.1. The van der Waals surface area contributed by atoms with E-state index in [2.05, 4.69) is 27.4 Å². The Hall–Kier alpha value is -1.93. The molecule has 0 bridgehead atoms. The lowest BCUT2D eigenvalue weighted by atomic mass is 10.1. The smallest absolute Gasteiger partial charge is 0.233 e. The Morgan fingerprint density at radius 1 is 1.42 bits per heavy atom. The van der Waals surface area contributed by atoms with Gasteiger partial charge in [-0.1, -0.05) is 41.3 Å². The van der Waals surface area contributed by atoms with Crippen molar-refractivity contribution in [2.45, 2.75) is 22.9 Å². The summed E-state index contributed by atoms with van der Waals surface area (Å²) in [7, 11) is 0. The molecule has 1 atom stereocenters. The molecule has 8 heteroatoms. The third-order valence-electron chi connectivity index (χ3n) is 3.08. The van der Waals surface area contributed by atoms with E-state index >= 15 is 0 Å². The van der Waals surface area contributed by atoms with Gasteiger partial charge in [-0.15, -0.1) is 16.8 Å². The van der Waals surface area contributed by atoms with Crippen molar-refractivity contribution in [2.75, 3.05) is 18.4 Å². The van der Waals surface area contributed by atoms with Crippen LogP contribution in [0.15, 0.2) is 41.3 Å². The van der Waals surface area contributed by atoms with Crippen molar-refractivity contribution in [3.05, 3.63) is 48.3 Å². The number of aromatic nitrogens is 2. The fraction of sp³-hybridized carbons (Fsp3) is 0.312. The van der Waals surface area contributed by atoms with Crippen molar-refractivity contribution in [3.8, 4) is 0 Å². The van der Waals surface area contributed by atoms with Gasteiger partial charge >= 0.3 is 0 Å². The highest BCUT2D eigenvalue weighted by atomic mass is 32.2. The molecule has 0 aliphatic heterocycles. The molecule has 1 aromatic heterocycles. The third kappa shape index (κ3) is 5.93. The van der Waals surface area contributed by atoms with Gasteiger partial charge in [0.25, 0.3) is 0 Å². The number of thioether (sulfide) groups is 1. The summed E-state index contributed by atoms with van der Waals surface area (Å²) in [6.45, 7) is 6.59. The number of hydrogen-bond donors (Lipinski definition) is 2. The molecule has 0 radical (unpaired) electrons. The summed E-state index contributed by atoms with van der Waals surface area (Å²) in [5, 5.41) is 14.4. The molecule has 24 heavy (non-hydrogen) atoms. The van der Waals surface area contributed by atoms with Crippen LogP contribution in [0.25, 0.3) is 0 Å². The van der Waals surface area contributed by atoms with Crippen LogP contribution < -0.4 is 10.6 Å². The summed E-state index contributed by atoms with van der Waals surface area (Å²) in [5.74, 6) is -0.315. The Labute approximate surface area is 148 Å². The minimum absolute atomic E-state index is 0.0575. The zero-order valence-electron chi connectivity index (χ0n) is 13.3. The van der Waals surface area contributed by atoms with Gasteiger partial charge in [0.15, 0.2) is 4.34 Å². The number of nitrogens with one attached hydrogen (secondary N) is 2. The zero-order valence-corrected chi connectivity index (χ0v) is 14.9. The average Bonchev–Trinajstić information content (AvgIpc) is 3.02. The maximum absolute atomic E-state index is 12.8. The van der Waals surface area contributed by atoms with Crippen molar-refractivity contribution < 1.29 is 9.18 Å². The molecule has 1 aromatic carbocycles. The number of halogens is 1. The van der Waals surface area contributed by atoms with E-state index in [0.717, 1.165) is 9.90 Å². The van der Waals surface area contributed by atoms with Crippen LogP contribution in [0.5, 0.6) is 0 Å². The predicted octanol–water partition coefficient (Wildman–Crippen LogP) is 3.11. The summed E-state index contributed by atoms with van der Waals surface area (Å²) < 4.78 is 13.6. The summed E-state index contributed by atoms with van der Waals surface area (Å²) in [6, 6.07) is 6.28. The third-order valence-corrected chi connectivity index (χ3v) is 5.14. The quantitative estimate of drug-likeness (QED) is 0.527. The molecule has 0 saturated heterocycles. The maximum atomic E-state index is 12.8. The first-order valence-electron chi connectivity index (χ1n) is 7.45. The summed E-state index contributed by atoms with van der Waals surface area (Å²) in [6.07, 6.45) is 2.41. The molecule has 0 aliphatic carbocycles. The number of amides is 1. The van der Waals surface area contributed by atoms with Gasteiger partial charge in [-0.2, -0.15) is 0 Å². The number of hydrogen-bond acceptors (Lipinski definition) is 6. The molecule has 0 aliphatic rings. The Balaban J connectivity index is 1.74. The SMILES string of the molecule is C=CCNc1nnc(S[C@@H](C)C(=O)NCCc2ccc(F)cc2)s1. The van der Waals surface area contributed by atoms with Crippen molar-refractivity contribution in [1.29, 1.82) is 0 Å². The lowest BCUT2D eigenvalue weighted by molar-refractivity contribution is -0.120. The average molecular weight is 366 g/mol. The van der Waals surface area contributed by atoms with Gasteiger partial charge in [0.1, 0.15) is 5.82 Å². The molecular weight excluding hydrogens is 347 g/mol. The second-order valence-corrected chi connectivity index (χ2v) is 7.54. The zero-order chi connectivity index (χ0) is 17.4. The minimum Gasteiger partial charge on any atom is -0.357 e. The van der Waals surface area contributed by atoms with E-state index in [1.54, 1.807) is 18.2 Å². The molecule has 5 nitrogen and oxygen atoms in total. The molecule has 0 spiro atoms. The van der Waals surface area contributed by atoms with Gasteiger partial charge in [0.05, 0.1) is 5.25 Å². The van der Waals surface area contributed by atoms with Gasteiger partial charge in [0, 0.05) is 13.1 Å². The Morgan fingerprint density at radius 3 is 2.88 bits per heavy atom. The van der Waals surface area contributed by atoms with Gasteiger partial charge in [-0.05, 0) is 31.0 Å². The predicted molar refractivity (Wildman–Crippen MR) is 97.0 cm³/mol. The fourth-order valence-corrected chi connectivity index (χ4v) is 3.75. The normalized spacial score (nSPS) is 11.8. The largest absolute Gasteiger partial charge is 0.357 e. The first-order valence-corrected chi connectivity index (χ1v) is 9.15. The Kier molecular flexibility index (Phi) is 7.20. The second-order valence-electron chi connectivity index (χ2n) is 4.97. The number of nitrogens with zero attached hydrogens (tertiary/aromatic N) is 2. The lowest BCUT2D eigenvalue weighted by Crippen LogP contribution is -2.32. The first-order chi connectivity index (χ1) is 11.6. The van der Waals surface area contributed by atoms with E-state index in [4.69, 9.17) is 0 Å². The summed E-state index contributed by atoms with van der Waals surface area (Å²) in [5.41, 5.74) is 0.985. The molecule has 2 rings (SSSR count). The van der Waals surface area contributed by atoms with Crippen LogP contribution in [-0.2, 0) is 11.2 Å². The maximum Gasteiger partial charge on any atom is 0.233 e. The van der Waals surface area contributed by atoms with Crippen molar-refractivity contribution in [3.63, 3.8) is 0 Å². The molecule has 0 fully saturated rings. The van der Waals surface area contributed by atoms with Crippen LogP contribution >= 0.6 is 23.1 Å². The minimum atomic E-state index is -0.265. The first kappa shape index (κ1) is 18.4. The molecule has 0 unspecified atom stereocenters. The molecular formula is C16H19FN4OS2. The van der Waals surface area contributed by atoms with Gasteiger partial charge < -0.3 is 10.6 Å². The van der Waals surface area contributed by atoms with Gasteiger partial charge in [-0.25, -0.2) is 4.39 Å². The van der Waals surface area contributed by atoms with Crippen molar-refractivity contribution in [2.24, 2.45) is 0 Å². The van der Waals surface area contributed by atoms with Crippen LogP contribution in [0, 0.1) is 5.82 Å². The van der Waals surface area contributed by atoms with E-state index in [1.807, 2.05) is 6.92 Å². The fourth-order valence-electron chi connectivity index (χ4n) is 1.82. The number of carbonyl (C=O) groups excluding carboxylic acids is 1. The molecule has 128 valence electrons. The second kappa shape index (κ2) is 9.39. The molecule has 1 heterocycles. The Bertz CT molecular complexity index is 675. The van der Waals surface area contributed by atoms with E-state index in [0.29, 0.717) is 24.6 Å². The van der Waals surface area contributed by atoms with Crippen LogP contribution in [0.2, 0.25) is 0 Å². The van der Waals surface area contributed by atoms with E-state index in [-0.39, 0.29) is 17.0 Å². The highest BCUT2D eigenvalue weighted by Gasteiger charge is 2.16. The number of carbonyl (C=O) groups is 1. The van der Waals surface area contributed by atoms with E-state index in [9.17, 15) is 9.18 Å². The van der Waals surface area contributed by atoms with Crippen LogP contribution in [0.4, 0.5) is 9.52 Å². The molecule has 0 saturated carbocycles. The highest BCUT2D eigenvalue weighted by Crippen LogP contribution is 2.28. The van der Waals surface area contributed by atoms with Crippen LogP contribution in [-0.4, -0.2) is 34.4 Å². The van der Waals surface area contributed by atoms with Gasteiger partial charge in [0.2, 0.25) is 11.0 Å². The molecule has 2 N–H and O–H groups in total. The standard InChI is InChI=1S/C16H19FN4OS2/c1-3-9-19-15-20-21-16(24-15)23-11(2)14(22)18-10-8-12-4-6-13(17)7-5-12/h3-7,11H,1,8-10H2,2H3,(H,18,22)(H,19,20)/t11-/m0/s1. The van der Waals surface area contributed by atoms with Gasteiger partial charge in [-0.3, -0.25) is 4.79 Å². The number of anilines is 1. The van der Waals surface area contributed by atoms with Crippen molar-refractivity contribution in [1.82, 2.24) is 15.5 Å². The van der Waals surface area contributed by atoms with Crippen LogP contribution in [0.3, 0.4) is 0 Å². The molecule has 1 amide bonds. The number of rotatable bonds is 9. The Morgan fingerprint density at radius 2 is 2.17 bits per heavy atom. The van der Waals surface area contributed by atoms with E-state index in [1.165, 1.54) is 35.2 Å². The van der Waals surface area contributed by atoms with Crippen LogP contribution in [0.1, 0.15) is 12.5 Å². The molecule has 2 aromatic rings.